The Morgan fingerprint density at radius 2 is 1.97 bits per heavy atom. The lowest BCUT2D eigenvalue weighted by molar-refractivity contribution is -0.133. The van der Waals surface area contributed by atoms with E-state index in [-0.39, 0.29) is 35.6 Å². The summed E-state index contributed by atoms with van der Waals surface area (Å²) < 4.78 is 0. The monoisotopic (exact) mass is 560 g/mol. The fourth-order valence-corrected chi connectivity index (χ4v) is 7.40. The number of H-pyrrole nitrogens is 1. The zero-order valence-corrected chi connectivity index (χ0v) is 22.3. The molecule has 202 valence electrons. The van der Waals surface area contributed by atoms with Crippen LogP contribution in [0.1, 0.15) is 55.4 Å². The summed E-state index contributed by atoms with van der Waals surface area (Å²) in [4.78, 5) is 57.3. The van der Waals surface area contributed by atoms with Crippen molar-refractivity contribution in [3.63, 3.8) is 0 Å². The number of Topliss-reactive ketones (excluding diaryl/α,β-unsaturated/α-hetero) is 1. The van der Waals surface area contributed by atoms with Gasteiger partial charge in [0.05, 0.1) is 11.1 Å². The Morgan fingerprint density at radius 3 is 2.68 bits per heavy atom. The maximum absolute atomic E-state index is 13.7. The van der Waals surface area contributed by atoms with Gasteiger partial charge in [0.2, 0.25) is 11.8 Å². The van der Waals surface area contributed by atoms with Crippen molar-refractivity contribution < 1.29 is 24.3 Å². The summed E-state index contributed by atoms with van der Waals surface area (Å²) in [6.07, 6.45) is 5.33. The van der Waals surface area contributed by atoms with Crippen LogP contribution in [0.5, 0.6) is 0 Å². The molecule has 2 aliphatic carbocycles. The molecule has 4 fully saturated rings. The average molecular weight is 561 g/mol. The second kappa shape index (κ2) is 9.54. The number of aliphatic hydroxyl groups is 1. The summed E-state index contributed by atoms with van der Waals surface area (Å²) >= 11 is 12.4. The minimum Gasteiger partial charge on any atom is -0.389 e. The number of hydrogen-bond donors (Lipinski definition) is 4. The number of benzene rings is 1. The molecule has 2 aromatic rings. The minimum absolute atomic E-state index is 0.0178. The van der Waals surface area contributed by atoms with Crippen molar-refractivity contribution in [1.82, 2.24) is 20.5 Å². The molecule has 38 heavy (non-hydrogen) atoms. The van der Waals surface area contributed by atoms with Crippen LogP contribution in [0.15, 0.2) is 18.2 Å². The summed E-state index contributed by atoms with van der Waals surface area (Å²) in [5.74, 6) is -1.62. The molecule has 5 atom stereocenters. The Balaban J connectivity index is 1.24. The summed E-state index contributed by atoms with van der Waals surface area (Å²) in [5, 5.41) is 17.0. The Labute approximate surface area is 229 Å². The van der Waals surface area contributed by atoms with Crippen molar-refractivity contribution in [3.8, 4) is 0 Å². The highest BCUT2D eigenvalue weighted by atomic mass is 35.5. The first-order valence-corrected chi connectivity index (χ1v) is 14.0. The maximum atomic E-state index is 13.7. The highest BCUT2D eigenvalue weighted by Gasteiger charge is 2.53. The van der Waals surface area contributed by atoms with Crippen LogP contribution in [0.25, 0.3) is 10.9 Å². The normalized spacial score (nSPS) is 28.0. The van der Waals surface area contributed by atoms with E-state index in [1.807, 2.05) is 0 Å². The van der Waals surface area contributed by atoms with Crippen LogP contribution in [0.2, 0.25) is 10.0 Å². The van der Waals surface area contributed by atoms with Gasteiger partial charge in [0.15, 0.2) is 5.78 Å². The molecule has 4 N–H and O–H groups in total. The Kier molecular flexibility index (Phi) is 6.44. The molecule has 6 rings (SSSR count). The van der Waals surface area contributed by atoms with E-state index >= 15 is 0 Å². The number of carbonyl (C=O) groups is 4. The molecule has 1 unspecified atom stereocenters. The van der Waals surface area contributed by atoms with Crippen LogP contribution >= 0.6 is 23.2 Å². The Morgan fingerprint density at radius 1 is 1.18 bits per heavy atom. The van der Waals surface area contributed by atoms with Crippen LogP contribution in [-0.2, 0) is 14.4 Å². The molecule has 9 nitrogen and oxygen atoms in total. The summed E-state index contributed by atoms with van der Waals surface area (Å²) in [7, 11) is 0. The van der Waals surface area contributed by atoms with E-state index in [9.17, 15) is 24.3 Å². The highest BCUT2D eigenvalue weighted by molar-refractivity contribution is 6.38. The van der Waals surface area contributed by atoms with Gasteiger partial charge in [-0.05, 0) is 68.6 Å². The fourth-order valence-electron chi connectivity index (χ4n) is 6.85. The number of halogens is 2. The SMILES string of the molecule is O=C(CO)C(C[C@@H]1CC2(CC2)NC1=O)NC(=O)[C@@H]1[C@H]2CCC[C@H]2CN1C(=O)c1cc2c(Cl)cc(Cl)cc2[nH]1. The summed E-state index contributed by atoms with van der Waals surface area (Å²) in [5.41, 5.74) is 0.780. The molecule has 2 saturated heterocycles. The van der Waals surface area contributed by atoms with Gasteiger partial charge in [-0.2, -0.15) is 0 Å². The van der Waals surface area contributed by atoms with Gasteiger partial charge in [-0.1, -0.05) is 29.6 Å². The molecule has 3 heterocycles. The largest absolute Gasteiger partial charge is 0.389 e. The van der Waals surface area contributed by atoms with Gasteiger partial charge in [-0.25, -0.2) is 0 Å². The molecular weight excluding hydrogens is 531 g/mol. The van der Waals surface area contributed by atoms with Crippen LogP contribution in [0, 0.1) is 17.8 Å². The van der Waals surface area contributed by atoms with Crippen LogP contribution < -0.4 is 10.6 Å². The number of fused-ring (bicyclic) bond motifs is 2. The molecule has 0 bridgehead atoms. The molecule has 4 aliphatic rings. The third-order valence-corrected chi connectivity index (χ3v) is 9.46. The van der Waals surface area contributed by atoms with Gasteiger partial charge in [0.1, 0.15) is 18.3 Å². The fraction of sp³-hybridized carbons (Fsp3) is 0.556. The lowest BCUT2D eigenvalue weighted by Crippen LogP contribution is -2.53. The summed E-state index contributed by atoms with van der Waals surface area (Å²) in [6, 6.07) is 3.23. The zero-order valence-electron chi connectivity index (χ0n) is 20.8. The quantitative estimate of drug-likeness (QED) is 0.413. The van der Waals surface area contributed by atoms with E-state index < -0.39 is 36.3 Å². The number of nitrogens with one attached hydrogen (secondary N) is 3. The Hall–Kier alpha value is -2.62. The third kappa shape index (κ3) is 4.48. The highest BCUT2D eigenvalue weighted by Crippen LogP contribution is 2.46. The molecule has 1 spiro atoms. The number of rotatable bonds is 7. The van der Waals surface area contributed by atoms with Gasteiger partial charge in [-0.3, -0.25) is 19.2 Å². The number of ketones is 1. The molecule has 2 aliphatic heterocycles. The molecule has 1 aromatic carbocycles. The second-order valence-electron chi connectivity index (χ2n) is 11.4. The molecule has 1 aromatic heterocycles. The number of aromatic amines is 1. The van der Waals surface area contributed by atoms with E-state index in [0.717, 1.165) is 32.1 Å². The standard InChI is InChI=1S/C27H30Cl2N4O5/c28-15-7-18(29)17-9-21(30-19(17)8-15)26(38)33-11-13-2-1-3-16(13)23(33)25(37)31-20(22(35)12-34)6-14-10-27(4-5-27)32-24(14)36/h7-9,13-14,16,20,23,30,34H,1-6,10-12H2,(H,31,37)(H,32,36)/t13-,14+,16-,20?,23-/m0/s1. The second-order valence-corrected chi connectivity index (χ2v) is 12.2. The number of aromatic nitrogens is 1. The lowest BCUT2D eigenvalue weighted by Gasteiger charge is -2.29. The lowest BCUT2D eigenvalue weighted by atomic mass is 9.91. The van der Waals surface area contributed by atoms with E-state index in [1.165, 1.54) is 0 Å². The van der Waals surface area contributed by atoms with Crippen LogP contribution in [-0.4, -0.2) is 69.3 Å². The van der Waals surface area contributed by atoms with Crippen molar-refractivity contribution in [1.29, 1.82) is 0 Å². The van der Waals surface area contributed by atoms with Crippen molar-refractivity contribution in [3.05, 3.63) is 33.9 Å². The third-order valence-electron chi connectivity index (χ3n) is 8.93. The first-order chi connectivity index (χ1) is 18.2. The van der Waals surface area contributed by atoms with Crippen molar-refractivity contribution >= 4 is 57.6 Å². The van der Waals surface area contributed by atoms with Crippen LogP contribution in [0.3, 0.4) is 0 Å². The van der Waals surface area contributed by atoms with Crippen molar-refractivity contribution in [2.45, 2.75) is 62.6 Å². The molecular formula is C27H30Cl2N4O5. The van der Waals surface area contributed by atoms with Crippen molar-refractivity contribution in [2.24, 2.45) is 17.8 Å². The number of aliphatic hydroxyl groups excluding tert-OH is 1. The number of amides is 3. The number of hydrogen-bond acceptors (Lipinski definition) is 5. The Bertz CT molecular complexity index is 1340. The maximum Gasteiger partial charge on any atom is 0.271 e. The zero-order chi connectivity index (χ0) is 26.8. The van der Waals surface area contributed by atoms with E-state index in [2.05, 4.69) is 15.6 Å². The predicted molar refractivity (Wildman–Crippen MR) is 141 cm³/mol. The summed E-state index contributed by atoms with van der Waals surface area (Å²) in [6.45, 7) is -0.292. The average Bonchev–Trinajstić information content (AvgIpc) is 3.24. The van der Waals surface area contributed by atoms with Gasteiger partial charge >= 0.3 is 0 Å². The van der Waals surface area contributed by atoms with Gasteiger partial charge < -0.3 is 25.6 Å². The number of nitrogens with zero attached hydrogens (tertiary/aromatic N) is 1. The topological polar surface area (TPSA) is 132 Å². The smallest absolute Gasteiger partial charge is 0.271 e. The number of carbonyl (C=O) groups excluding carboxylic acids is 4. The predicted octanol–water partition coefficient (Wildman–Crippen LogP) is 2.82. The molecule has 3 amide bonds. The van der Waals surface area contributed by atoms with Gasteiger partial charge in [-0.15, -0.1) is 0 Å². The first kappa shape index (κ1) is 25.6. The van der Waals surface area contributed by atoms with E-state index in [4.69, 9.17) is 23.2 Å². The molecule has 11 heteroatoms. The van der Waals surface area contributed by atoms with E-state index in [0.29, 0.717) is 39.6 Å². The molecule has 0 radical (unpaired) electrons. The van der Waals surface area contributed by atoms with Gasteiger partial charge in [0.25, 0.3) is 5.91 Å². The van der Waals surface area contributed by atoms with Crippen LogP contribution in [0.4, 0.5) is 0 Å². The minimum atomic E-state index is -0.997. The first-order valence-electron chi connectivity index (χ1n) is 13.2. The van der Waals surface area contributed by atoms with E-state index in [1.54, 1.807) is 23.1 Å². The van der Waals surface area contributed by atoms with Crippen molar-refractivity contribution in [2.75, 3.05) is 13.2 Å². The number of likely N-dealkylation sites (tertiary alicyclic amines) is 1. The van der Waals surface area contributed by atoms with Gasteiger partial charge in [0, 0.05) is 33.9 Å². The molecule has 2 saturated carbocycles.